The van der Waals surface area contributed by atoms with Crippen LogP contribution in [-0.2, 0) is 14.6 Å². The number of hydrogen-bond acceptors (Lipinski definition) is 5. The molecule has 1 aliphatic heterocycles. The molecule has 0 bridgehead atoms. The third kappa shape index (κ3) is 4.50. The Morgan fingerprint density at radius 2 is 1.88 bits per heavy atom. The van der Waals surface area contributed by atoms with E-state index in [1.165, 1.54) is 0 Å². The molecule has 0 radical (unpaired) electrons. The second-order valence-electron chi connectivity index (χ2n) is 6.63. The van der Waals surface area contributed by atoms with Crippen molar-refractivity contribution in [2.75, 3.05) is 31.2 Å². The van der Waals surface area contributed by atoms with E-state index in [2.05, 4.69) is 22.4 Å². The van der Waals surface area contributed by atoms with Crippen molar-refractivity contribution < 1.29 is 13.2 Å². The van der Waals surface area contributed by atoms with Crippen molar-refractivity contribution in [3.8, 4) is 0 Å². The van der Waals surface area contributed by atoms with Gasteiger partial charge in [-0.2, -0.15) is 5.10 Å². The Kier molecular flexibility index (Phi) is 5.73. The molecule has 1 amide bonds. The summed E-state index contributed by atoms with van der Waals surface area (Å²) in [6.45, 7) is 1.99. The normalized spacial score (nSPS) is 16.5. The van der Waals surface area contributed by atoms with Crippen LogP contribution in [0.3, 0.4) is 0 Å². The van der Waals surface area contributed by atoms with Crippen molar-refractivity contribution in [3.63, 3.8) is 0 Å². The molecule has 1 aromatic heterocycles. The topological polar surface area (TPSA) is 84.3 Å². The molecule has 8 heteroatoms. The van der Waals surface area contributed by atoms with Gasteiger partial charge in [0.25, 0.3) is 0 Å². The van der Waals surface area contributed by atoms with Crippen LogP contribution in [0.5, 0.6) is 0 Å². The first-order valence-corrected chi connectivity index (χ1v) is 10.4. The average molecular weight is 376 g/mol. The highest BCUT2D eigenvalue weighted by Gasteiger charge is 2.22. The highest BCUT2D eigenvalue weighted by Crippen LogP contribution is 2.24. The van der Waals surface area contributed by atoms with Crippen molar-refractivity contribution in [2.24, 2.45) is 0 Å². The fourth-order valence-electron chi connectivity index (χ4n) is 3.12. The van der Waals surface area contributed by atoms with Gasteiger partial charge in [0.15, 0.2) is 9.84 Å². The first-order valence-electron chi connectivity index (χ1n) is 8.75. The molecule has 3 rings (SSSR count). The summed E-state index contributed by atoms with van der Waals surface area (Å²) in [7, 11) is -1.37. The summed E-state index contributed by atoms with van der Waals surface area (Å²) in [6.07, 6.45) is 3.53. The Bertz CT molecular complexity index is 840. The Morgan fingerprint density at radius 3 is 2.58 bits per heavy atom. The summed E-state index contributed by atoms with van der Waals surface area (Å²) in [6, 6.07) is 10.2. The maximum absolute atomic E-state index is 12.3. The number of hydrogen-bond donors (Lipinski definition) is 1. The van der Waals surface area contributed by atoms with Gasteiger partial charge < -0.3 is 10.2 Å². The monoisotopic (exact) mass is 376 g/mol. The minimum atomic E-state index is -3.46. The number of aromatic nitrogens is 2. The SMILES string of the molecule is CN1CCC(n2nccc2NC(=O)CCS(=O)(=O)c2ccccc2)CC1. The van der Waals surface area contributed by atoms with Crippen molar-refractivity contribution in [1.29, 1.82) is 0 Å². The number of nitrogens with one attached hydrogen (secondary N) is 1. The molecular weight excluding hydrogens is 352 g/mol. The number of nitrogens with zero attached hydrogens (tertiary/aromatic N) is 3. The van der Waals surface area contributed by atoms with E-state index in [0.717, 1.165) is 25.9 Å². The predicted molar refractivity (Wildman–Crippen MR) is 99.7 cm³/mol. The third-order valence-corrected chi connectivity index (χ3v) is 6.40. The van der Waals surface area contributed by atoms with E-state index < -0.39 is 9.84 Å². The van der Waals surface area contributed by atoms with Crippen LogP contribution in [0.25, 0.3) is 0 Å². The first kappa shape index (κ1) is 18.6. The highest BCUT2D eigenvalue weighted by molar-refractivity contribution is 7.91. The second-order valence-corrected chi connectivity index (χ2v) is 8.73. The summed E-state index contributed by atoms with van der Waals surface area (Å²) in [5, 5.41) is 7.15. The maximum Gasteiger partial charge on any atom is 0.226 e. The van der Waals surface area contributed by atoms with Crippen molar-refractivity contribution in [2.45, 2.75) is 30.2 Å². The van der Waals surface area contributed by atoms with Crippen LogP contribution in [0.4, 0.5) is 5.82 Å². The molecule has 1 aliphatic rings. The van der Waals surface area contributed by atoms with Crippen LogP contribution in [-0.4, -0.2) is 54.9 Å². The van der Waals surface area contributed by atoms with E-state index in [4.69, 9.17) is 0 Å². The van der Waals surface area contributed by atoms with E-state index in [1.54, 1.807) is 42.6 Å². The summed E-state index contributed by atoms with van der Waals surface area (Å²) in [4.78, 5) is 14.8. The molecular formula is C18H24N4O3S. The number of benzene rings is 1. The van der Waals surface area contributed by atoms with E-state index in [1.807, 2.05) is 4.68 Å². The van der Waals surface area contributed by atoms with E-state index in [9.17, 15) is 13.2 Å². The average Bonchev–Trinajstić information content (AvgIpc) is 3.09. The zero-order valence-electron chi connectivity index (χ0n) is 14.8. The van der Waals surface area contributed by atoms with E-state index in [0.29, 0.717) is 5.82 Å². The number of likely N-dealkylation sites (tertiary alicyclic amines) is 1. The smallest absolute Gasteiger partial charge is 0.226 e. The van der Waals surface area contributed by atoms with Crippen LogP contribution in [0.2, 0.25) is 0 Å². The molecule has 1 saturated heterocycles. The van der Waals surface area contributed by atoms with Crippen LogP contribution in [0.15, 0.2) is 47.5 Å². The molecule has 0 unspecified atom stereocenters. The third-order valence-electron chi connectivity index (χ3n) is 4.67. The molecule has 0 aliphatic carbocycles. The van der Waals surface area contributed by atoms with Crippen LogP contribution >= 0.6 is 0 Å². The number of amides is 1. The van der Waals surface area contributed by atoms with Gasteiger partial charge in [0, 0.05) is 12.5 Å². The summed E-state index contributed by atoms with van der Waals surface area (Å²) in [5.74, 6) is 0.0893. The molecule has 1 fully saturated rings. The lowest BCUT2D eigenvalue weighted by Gasteiger charge is -2.30. The molecule has 0 saturated carbocycles. The van der Waals surface area contributed by atoms with Gasteiger partial charge in [-0.15, -0.1) is 0 Å². The maximum atomic E-state index is 12.3. The first-order chi connectivity index (χ1) is 12.5. The molecule has 7 nitrogen and oxygen atoms in total. The zero-order valence-corrected chi connectivity index (χ0v) is 15.7. The van der Waals surface area contributed by atoms with Gasteiger partial charge >= 0.3 is 0 Å². The number of sulfone groups is 1. The van der Waals surface area contributed by atoms with E-state index >= 15 is 0 Å². The van der Waals surface area contributed by atoms with Gasteiger partial charge in [-0.1, -0.05) is 18.2 Å². The van der Waals surface area contributed by atoms with Crippen LogP contribution in [0.1, 0.15) is 25.3 Å². The molecule has 1 N–H and O–H groups in total. The minimum absolute atomic E-state index is 0.0875. The summed E-state index contributed by atoms with van der Waals surface area (Å²) < 4.78 is 26.4. The van der Waals surface area contributed by atoms with Gasteiger partial charge in [0.05, 0.1) is 22.9 Å². The van der Waals surface area contributed by atoms with Gasteiger partial charge in [-0.05, 0) is 45.1 Å². The van der Waals surface area contributed by atoms with Gasteiger partial charge in [0.1, 0.15) is 5.82 Å². The Hall–Kier alpha value is -2.19. The zero-order chi connectivity index (χ0) is 18.6. The fourth-order valence-corrected chi connectivity index (χ4v) is 4.38. The molecule has 26 heavy (non-hydrogen) atoms. The number of carbonyl (C=O) groups is 1. The highest BCUT2D eigenvalue weighted by atomic mass is 32.2. The second kappa shape index (κ2) is 8.01. The molecule has 2 heterocycles. The lowest BCUT2D eigenvalue weighted by molar-refractivity contribution is -0.115. The lowest BCUT2D eigenvalue weighted by atomic mass is 10.1. The summed E-state index contributed by atoms with van der Waals surface area (Å²) in [5.41, 5.74) is 0. The van der Waals surface area contributed by atoms with Crippen LogP contribution in [0, 0.1) is 0 Å². The van der Waals surface area contributed by atoms with Crippen molar-refractivity contribution in [3.05, 3.63) is 42.6 Å². The predicted octanol–water partition coefficient (Wildman–Crippen LogP) is 1.95. The Morgan fingerprint density at radius 1 is 1.19 bits per heavy atom. The van der Waals surface area contributed by atoms with E-state index in [-0.39, 0.29) is 29.0 Å². The van der Waals surface area contributed by atoms with Crippen LogP contribution < -0.4 is 5.32 Å². The number of anilines is 1. The Labute approximate surface area is 153 Å². The standard InChI is InChI=1S/C18H24N4O3S/c1-21-12-8-15(9-13-21)22-17(7-11-19-22)20-18(23)10-14-26(24,25)16-5-3-2-4-6-16/h2-7,11,15H,8-10,12-14H2,1H3,(H,20,23). The summed E-state index contributed by atoms with van der Waals surface area (Å²) >= 11 is 0. The van der Waals surface area contributed by atoms with Crippen molar-refractivity contribution in [1.82, 2.24) is 14.7 Å². The molecule has 2 aromatic rings. The molecule has 1 aromatic carbocycles. The quantitative estimate of drug-likeness (QED) is 0.833. The Balaban J connectivity index is 1.58. The van der Waals surface area contributed by atoms with Gasteiger partial charge in [-0.25, -0.2) is 13.1 Å². The lowest BCUT2D eigenvalue weighted by Crippen LogP contribution is -2.32. The van der Waals surface area contributed by atoms with Gasteiger partial charge in [-0.3, -0.25) is 4.79 Å². The fraction of sp³-hybridized carbons (Fsp3) is 0.444. The molecule has 140 valence electrons. The molecule has 0 spiro atoms. The number of carbonyl (C=O) groups excluding carboxylic acids is 1. The number of rotatable bonds is 6. The van der Waals surface area contributed by atoms with Gasteiger partial charge in [0.2, 0.25) is 5.91 Å². The minimum Gasteiger partial charge on any atom is -0.311 e. The van der Waals surface area contributed by atoms with Crippen molar-refractivity contribution >= 4 is 21.6 Å². The number of piperidine rings is 1. The largest absolute Gasteiger partial charge is 0.311 e. The molecule has 0 atom stereocenters.